The Morgan fingerprint density at radius 1 is 0.387 bits per heavy atom. The zero-order valence-electron chi connectivity index (χ0n) is 34.3. The van der Waals surface area contributed by atoms with E-state index >= 15 is 0 Å². The second-order valence-corrected chi connectivity index (χ2v) is 18.2. The predicted molar refractivity (Wildman–Crippen MR) is 265 cm³/mol. The number of anilines is 3. The van der Waals surface area contributed by atoms with Crippen LogP contribution in [0.2, 0.25) is 0 Å². The Morgan fingerprint density at radius 2 is 1.00 bits per heavy atom. The Bertz CT molecular complexity index is 3780. The van der Waals surface area contributed by atoms with E-state index in [1.54, 1.807) is 0 Å². The summed E-state index contributed by atoms with van der Waals surface area (Å²) in [5.41, 5.74) is 14.9. The molecular formula is C59H39NOS. The van der Waals surface area contributed by atoms with Crippen molar-refractivity contribution >= 4 is 92.1 Å². The third-order valence-electron chi connectivity index (χ3n) is 13.4. The normalized spacial score (nSPS) is 13.1. The van der Waals surface area contributed by atoms with E-state index in [-0.39, 0.29) is 5.41 Å². The topological polar surface area (TPSA) is 16.4 Å². The third kappa shape index (κ3) is 5.09. The number of benzene rings is 10. The molecule has 0 bridgehead atoms. The molecule has 62 heavy (non-hydrogen) atoms. The lowest BCUT2D eigenvalue weighted by molar-refractivity contribution is 0.660. The van der Waals surface area contributed by atoms with E-state index in [2.05, 4.69) is 219 Å². The van der Waals surface area contributed by atoms with Gasteiger partial charge in [0, 0.05) is 64.4 Å². The first-order valence-corrected chi connectivity index (χ1v) is 22.2. The SMILES string of the molecule is CC1(C)c2ccccc2-c2ccc(N(c3ccc(-c4cccc5c4sc4ccccc45)cc3)c3cc(-c4ccccc4)c4oc5c6ccccc6c6ccccc6c5c4c3)cc21. The largest absolute Gasteiger partial charge is 0.455 e. The van der Waals surface area contributed by atoms with Crippen LogP contribution in [-0.2, 0) is 5.41 Å². The molecule has 292 valence electrons. The number of rotatable bonds is 5. The predicted octanol–water partition coefficient (Wildman–Crippen LogP) is 17.4. The molecule has 1 aliphatic carbocycles. The molecule has 0 spiro atoms. The Hall–Kier alpha value is -7.46. The lowest BCUT2D eigenvalue weighted by Crippen LogP contribution is -2.16. The van der Waals surface area contributed by atoms with Gasteiger partial charge in [-0.1, -0.05) is 172 Å². The van der Waals surface area contributed by atoms with Crippen LogP contribution in [0, 0.1) is 0 Å². The van der Waals surface area contributed by atoms with Crippen molar-refractivity contribution in [2.24, 2.45) is 0 Å². The lowest BCUT2D eigenvalue weighted by atomic mass is 9.82. The molecule has 0 aliphatic heterocycles. The van der Waals surface area contributed by atoms with E-state index in [0.717, 1.165) is 55.5 Å². The summed E-state index contributed by atoms with van der Waals surface area (Å²) >= 11 is 1.88. The van der Waals surface area contributed by atoms with Crippen LogP contribution in [-0.4, -0.2) is 0 Å². The summed E-state index contributed by atoms with van der Waals surface area (Å²) in [6, 6.07) is 73.5. The van der Waals surface area contributed by atoms with Crippen molar-refractivity contribution in [2.45, 2.75) is 19.3 Å². The van der Waals surface area contributed by atoms with Crippen molar-refractivity contribution in [3.8, 4) is 33.4 Å². The van der Waals surface area contributed by atoms with Crippen molar-refractivity contribution in [1.82, 2.24) is 0 Å². The average Bonchev–Trinajstić information content (AvgIpc) is 3.98. The summed E-state index contributed by atoms with van der Waals surface area (Å²) in [7, 11) is 0. The van der Waals surface area contributed by atoms with Crippen molar-refractivity contribution in [1.29, 1.82) is 0 Å². The maximum absolute atomic E-state index is 7.13. The van der Waals surface area contributed by atoms with Crippen LogP contribution in [0.1, 0.15) is 25.0 Å². The first kappa shape index (κ1) is 35.3. The van der Waals surface area contributed by atoms with E-state index in [4.69, 9.17) is 4.42 Å². The van der Waals surface area contributed by atoms with Gasteiger partial charge in [-0.2, -0.15) is 0 Å². The number of hydrogen-bond donors (Lipinski definition) is 0. The number of hydrogen-bond acceptors (Lipinski definition) is 3. The number of furan rings is 1. The van der Waals surface area contributed by atoms with Gasteiger partial charge in [0.1, 0.15) is 11.2 Å². The molecule has 0 radical (unpaired) electrons. The van der Waals surface area contributed by atoms with Gasteiger partial charge in [-0.15, -0.1) is 11.3 Å². The molecule has 2 aromatic heterocycles. The first-order chi connectivity index (χ1) is 30.5. The fraction of sp³-hybridized carbons (Fsp3) is 0.0508. The fourth-order valence-electron chi connectivity index (χ4n) is 10.5. The molecular weight excluding hydrogens is 771 g/mol. The second-order valence-electron chi connectivity index (χ2n) is 17.2. The van der Waals surface area contributed by atoms with Crippen molar-refractivity contribution in [3.05, 3.63) is 211 Å². The summed E-state index contributed by atoms with van der Waals surface area (Å²) in [6.45, 7) is 4.73. The highest BCUT2D eigenvalue weighted by Crippen LogP contribution is 2.52. The monoisotopic (exact) mass is 809 g/mol. The van der Waals surface area contributed by atoms with Crippen LogP contribution in [0.15, 0.2) is 205 Å². The average molecular weight is 810 g/mol. The third-order valence-corrected chi connectivity index (χ3v) is 14.7. The highest BCUT2D eigenvalue weighted by molar-refractivity contribution is 7.26. The van der Waals surface area contributed by atoms with Crippen molar-refractivity contribution in [3.63, 3.8) is 0 Å². The zero-order chi connectivity index (χ0) is 41.1. The van der Waals surface area contributed by atoms with E-state index in [1.807, 2.05) is 11.3 Å². The van der Waals surface area contributed by atoms with E-state index in [1.165, 1.54) is 69.7 Å². The molecule has 0 N–H and O–H groups in total. The van der Waals surface area contributed by atoms with Gasteiger partial charge in [0.05, 0.1) is 0 Å². The molecule has 13 rings (SSSR count). The van der Waals surface area contributed by atoms with Crippen LogP contribution in [0.4, 0.5) is 17.1 Å². The maximum Gasteiger partial charge on any atom is 0.143 e. The molecule has 12 aromatic rings. The van der Waals surface area contributed by atoms with E-state index in [0.29, 0.717) is 0 Å². The molecule has 3 heteroatoms. The molecule has 0 saturated carbocycles. The zero-order valence-corrected chi connectivity index (χ0v) is 35.1. The Kier molecular flexibility index (Phi) is 7.56. The standard InChI is InChI=1S/C59H39NOS/c1-59(2)52-25-12-10-19-44(52)45-32-31-39(35-53(45)59)60(38-29-27-37(28-30-38)41-23-14-24-49-46-20-11-13-26-54(46)62-58(41)49)40-33-50(36-15-4-3-5-16-36)56-51(34-40)55-47-21-8-6-17-42(47)43-18-7-9-22-48(43)57(55)61-56/h3-35H,1-2H3. The van der Waals surface area contributed by atoms with Gasteiger partial charge in [0.2, 0.25) is 0 Å². The van der Waals surface area contributed by atoms with Crippen LogP contribution in [0.5, 0.6) is 0 Å². The Balaban J connectivity index is 1.08. The highest BCUT2D eigenvalue weighted by Gasteiger charge is 2.36. The van der Waals surface area contributed by atoms with Gasteiger partial charge in [-0.3, -0.25) is 0 Å². The minimum Gasteiger partial charge on any atom is -0.455 e. The minimum atomic E-state index is -0.152. The molecule has 1 aliphatic rings. The summed E-state index contributed by atoms with van der Waals surface area (Å²) < 4.78 is 9.77. The van der Waals surface area contributed by atoms with Crippen molar-refractivity contribution in [2.75, 3.05) is 4.90 Å². The van der Waals surface area contributed by atoms with Crippen LogP contribution >= 0.6 is 11.3 Å². The Labute approximate surface area is 363 Å². The molecule has 0 atom stereocenters. The van der Waals surface area contributed by atoms with Gasteiger partial charge in [-0.05, 0) is 97.6 Å². The summed E-state index contributed by atoms with van der Waals surface area (Å²) in [5, 5.41) is 9.62. The molecule has 0 fully saturated rings. The van der Waals surface area contributed by atoms with Crippen LogP contribution < -0.4 is 4.90 Å². The van der Waals surface area contributed by atoms with Crippen LogP contribution in [0.25, 0.3) is 97.0 Å². The second kappa shape index (κ2) is 13.3. The number of fused-ring (bicyclic) bond motifs is 14. The highest BCUT2D eigenvalue weighted by atomic mass is 32.1. The summed E-state index contributed by atoms with van der Waals surface area (Å²) in [5.74, 6) is 0. The molecule has 2 nitrogen and oxygen atoms in total. The minimum absolute atomic E-state index is 0.152. The quantitative estimate of drug-likeness (QED) is 0.161. The van der Waals surface area contributed by atoms with Gasteiger partial charge in [0.25, 0.3) is 0 Å². The van der Waals surface area contributed by atoms with Crippen LogP contribution in [0.3, 0.4) is 0 Å². The maximum atomic E-state index is 7.13. The first-order valence-electron chi connectivity index (χ1n) is 21.4. The van der Waals surface area contributed by atoms with E-state index in [9.17, 15) is 0 Å². The van der Waals surface area contributed by atoms with Gasteiger partial charge in [-0.25, -0.2) is 0 Å². The van der Waals surface area contributed by atoms with Gasteiger partial charge in [0.15, 0.2) is 0 Å². The van der Waals surface area contributed by atoms with Gasteiger partial charge >= 0.3 is 0 Å². The van der Waals surface area contributed by atoms with E-state index < -0.39 is 0 Å². The number of thiophene rings is 1. The molecule has 10 aromatic carbocycles. The fourth-order valence-corrected chi connectivity index (χ4v) is 11.7. The smallest absolute Gasteiger partial charge is 0.143 e. The summed E-state index contributed by atoms with van der Waals surface area (Å²) in [4.78, 5) is 2.46. The Morgan fingerprint density at radius 3 is 1.82 bits per heavy atom. The number of nitrogens with zero attached hydrogens (tertiary/aromatic N) is 1. The van der Waals surface area contributed by atoms with Gasteiger partial charge < -0.3 is 9.32 Å². The molecule has 2 heterocycles. The molecule has 0 amide bonds. The lowest BCUT2D eigenvalue weighted by Gasteiger charge is -2.29. The molecule has 0 unspecified atom stereocenters. The van der Waals surface area contributed by atoms with Crippen molar-refractivity contribution < 1.29 is 4.42 Å². The molecule has 0 saturated heterocycles. The summed E-state index contributed by atoms with van der Waals surface area (Å²) in [6.07, 6.45) is 0.